The summed E-state index contributed by atoms with van der Waals surface area (Å²) in [6.45, 7) is 5.01. The summed E-state index contributed by atoms with van der Waals surface area (Å²) in [5.74, 6) is -2.11. The summed E-state index contributed by atoms with van der Waals surface area (Å²) >= 11 is 0. The molecule has 0 aliphatic carbocycles. The van der Waals surface area contributed by atoms with Gasteiger partial charge in [0, 0.05) is 25.7 Å². The van der Waals surface area contributed by atoms with E-state index in [2.05, 4.69) is 27.7 Å². The monoisotopic (exact) mass is 1440 g/mol. The molecule has 98 heavy (non-hydrogen) atoms. The molecular weight excluding hydrogens is 1280 g/mol. The Balaban J connectivity index is 5.23. The molecule has 0 aromatic heterocycles. The molecule has 0 saturated heterocycles. The highest BCUT2D eigenvalue weighted by Crippen LogP contribution is 2.45. The first-order valence-electron chi connectivity index (χ1n) is 41.3. The predicted octanol–water partition coefficient (Wildman–Crippen LogP) is 23.8. The van der Waals surface area contributed by atoms with Crippen molar-refractivity contribution < 1.29 is 80.2 Å². The number of aliphatic hydroxyl groups is 1. The summed E-state index contributed by atoms with van der Waals surface area (Å²) in [6.07, 6.45) is 65.1. The smallest absolute Gasteiger partial charge is 0.462 e. The minimum atomic E-state index is -4.96. The van der Waals surface area contributed by atoms with E-state index in [1.165, 1.54) is 257 Å². The average Bonchev–Trinajstić information content (AvgIpc) is 1.16. The first kappa shape index (κ1) is 96.1. The molecule has 0 bridgehead atoms. The van der Waals surface area contributed by atoms with Crippen LogP contribution in [0, 0.1) is 0 Å². The van der Waals surface area contributed by atoms with Gasteiger partial charge in [-0.1, -0.05) is 374 Å². The van der Waals surface area contributed by atoms with Crippen LogP contribution in [0.5, 0.6) is 0 Å². The molecule has 0 amide bonds. The van der Waals surface area contributed by atoms with Crippen molar-refractivity contribution in [3.63, 3.8) is 0 Å². The molecule has 0 fully saturated rings. The highest BCUT2D eigenvalue weighted by molar-refractivity contribution is 7.47. The summed E-state index contributed by atoms with van der Waals surface area (Å²) in [5.41, 5.74) is 0. The molecule has 5 atom stereocenters. The maximum Gasteiger partial charge on any atom is 0.472 e. The maximum absolute atomic E-state index is 13.1. The van der Waals surface area contributed by atoms with Gasteiger partial charge in [0.05, 0.1) is 26.4 Å². The van der Waals surface area contributed by atoms with Gasteiger partial charge in [-0.25, -0.2) is 9.13 Å². The number of hydrogen-bond donors (Lipinski definition) is 3. The van der Waals surface area contributed by atoms with Crippen molar-refractivity contribution in [3.8, 4) is 0 Å². The summed E-state index contributed by atoms with van der Waals surface area (Å²) in [4.78, 5) is 72.9. The minimum Gasteiger partial charge on any atom is -0.462 e. The van der Waals surface area contributed by atoms with Crippen molar-refractivity contribution in [3.05, 3.63) is 0 Å². The lowest BCUT2D eigenvalue weighted by atomic mass is 10.0. The number of phosphoric acid groups is 2. The fourth-order valence-electron chi connectivity index (χ4n) is 12.3. The topological polar surface area (TPSA) is 237 Å². The van der Waals surface area contributed by atoms with Crippen LogP contribution in [-0.2, 0) is 65.4 Å². The van der Waals surface area contributed by atoms with E-state index in [4.69, 9.17) is 37.0 Å². The Kier molecular flexibility index (Phi) is 71.9. The predicted molar refractivity (Wildman–Crippen MR) is 400 cm³/mol. The lowest BCUT2D eigenvalue weighted by molar-refractivity contribution is -0.161. The van der Waals surface area contributed by atoms with Gasteiger partial charge in [-0.3, -0.25) is 37.3 Å². The fourth-order valence-corrected chi connectivity index (χ4v) is 13.9. The molecule has 0 saturated carbocycles. The Morgan fingerprint density at radius 2 is 0.408 bits per heavy atom. The van der Waals surface area contributed by atoms with Crippen molar-refractivity contribution in [2.45, 2.75) is 444 Å². The van der Waals surface area contributed by atoms with Crippen LogP contribution in [0.25, 0.3) is 0 Å². The van der Waals surface area contributed by atoms with Gasteiger partial charge in [-0.2, -0.15) is 0 Å². The highest BCUT2D eigenvalue weighted by Gasteiger charge is 2.30. The van der Waals surface area contributed by atoms with Crippen LogP contribution in [0.3, 0.4) is 0 Å². The molecule has 0 spiro atoms. The van der Waals surface area contributed by atoms with E-state index in [0.717, 1.165) is 89.9 Å². The Morgan fingerprint density at radius 3 is 0.602 bits per heavy atom. The fraction of sp³-hybridized carbons (Fsp3) is 0.949. The lowest BCUT2D eigenvalue weighted by Crippen LogP contribution is -2.30. The minimum absolute atomic E-state index is 0.109. The second kappa shape index (κ2) is 73.4. The molecule has 0 aromatic rings. The Bertz CT molecular complexity index is 1860. The largest absolute Gasteiger partial charge is 0.472 e. The molecule has 0 rings (SSSR count). The SMILES string of the molecule is CCCCCCCCCCCCCCCCCCCCCC(=O)O[C@H](COC(=O)CCCCCCCCCCCCCCCCC)COP(=O)(O)OC[C@@H](O)COP(=O)(O)OC[C@@H](COC(=O)CCCCCCCCCCCC)OC(=O)CCCCCCCCCCCCCCCC. The number of aliphatic hydroxyl groups excluding tert-OH is 1. The van der Waals surface area contributed by atoms with Gasteiger partial charge < -0.3 is 33.8 Å². The zero-order valence-electron chi connectivity index (χ0n) is 63.8. The molecule has 0 aliphatic heterocycles. The number of carbonyl (C=O) groups is 4. The molecular formula is C79H154O17P2. The van der Waals surface area contributed by atoms with E-state index < -0.39 is 97.5 Å². The summed E-state index contributed by atoms with van der Waals surface area (Å²) < 4.78 is 68.6. The molecule has 2 unspecified atom stereocenters. The normalized spacial score (nSPS) is 13.8. The third-order valence-corrected chi connectivity index (χ3v) is 20.5. The van der Waals surface area contributed by atoms with E-state index in [-0.39, 0.29) is 25.7 Å². The van der Waals surface area contributed by atoms with Crippen LogP contribution < -0.4 is 0 Å². The van der Waals surface area contributed by atoms with Gasteiger partial charge in [0.25, 0.3) is 0 Å². The molecule has 0 aliphatic rings. The first-order valence-corrected chi connectivity index (χ1v) is 44.3. The van der Waals surface area contributed by atoms with Gasteiger partial charge in [0.1, 0.15) is 19.3 Å². The van der Waals surface area contributed by atoms with Crippen LogP contribution in [0.1, 0.15) is 426 Å². The summed E-state index contributed by atoms with van der Waals surface area (Å²) in [7, 11) is -9.91. The van der Waals surface area contributed by atoms with Gasteiger partial charge >= 0.3 is 39.5 Å². The maximum atomic E-state index is 13.1. The zero-order chi connectivity index (χ0) is 71.8. The first-order chi connectivity index (χ1) is 47.7. The van der Waals surface area contributed by atoms with Gasteiger partial charge in [-0.05, 0) is 25.7 Å². The van der Waals surface area contributed by atoms with E-state index in [1.807, 2.05) is 0 Å². The average molecular weight is 1440 g/mol. The highest BCUT2D eigenvalue weighted by atomic mass is 31.2. The second-order valence-electron chi connectivity index (χ2n) is 28.5. The van der Waals surface area contributed by atoms with E-state index in [0.29, 0.717) is 25.7 Å². The van der Waals surface area contributed by atoms with Crippen molar-refractivity contribution in [1.82, 2.24) is 0 Å². The number of carbonyl (C=O) groups excluding carboxylic acids is 4. The molecule has 17 nitrogen and oxygen atoms in total. The number of ether oxygens (including phenoxy) is 4. The van der Waals surface area contributed by atoms with Crippen LogP contribution in [-0.4, -0.2) is 96.7 Å². The van der Waals surface area contributed by atoms with Crippen LogP contribution >= 0.6 is 15.6 Å². The van der Waals surface area contributed by atoms with Gasteiger partial charge in [0.2, 0.25) is 0 Å². The number of rotatable bonds is 80. The van der Waals surface area contributed by atoms with Crippen molar-refractivity contribution in [2.75, 3.05) is 39.6 Å². The molecule has 582 valence electrons. The van der Waals surface area contributed by atoms with Gasteiger partial charge in [0.15, 0.2) is 12.2 Å². The Hall–Kier alpha value is -1.94. The summed E-state index contributed by atoms with van der Waals surface area (Å²) in [5, 5.41) is 10.6. The van der Waals surface area contributed by atoms with Crippen LogP contribution in [0.2, 0.25) is 0 Å². The summed E-state index contributed by atoms with van der Waals surface area (Å²) in [6, 6.07) is 0. The van der Waals surface area contributed by atoms with Crippen LogP contribution in [0.4, 0.5) is 0 Å². The quantitative estimate of drug-likeness (QED) is 0.0222. The lowest BCUT2D eigenvalue weighted by Gasteiger charge is -2.21. The molecule has 19 heteroatoms. The Labute approximate surface area is 600 Å². The Morgan fingerprint density at radius 1 is 0.245 bits per heavy atom. The van der Waals surface area contributed by atoms with Crippen molar-refractivity contribution >= 4 is 39.5 Å². The molecule has 0 heterocycles. The number of unbranched alkanes of at least 4 members (excludes halogenated alkanes) is 54. The molecule has 0 radical (unpaired) electrons. The van der Waals surface area contributed by atoms with E-state index in [9.17, 15) is 43.2 Å². The number of esters is 4. The van der Waals surface area contributed by atoms with Crippen molar-refractivity contribution in [1.29, 1.82) is 0 Å². The van der Waals surface area contributed by atoms with Crippen molar-refractivity contribution in [2.24, 2.45) is 0 Å². The standard InChI is InChI=1S/C79H154O17P2/c1-5-9-13-17-21-25-29-32-35-36-37-38-40-43-46-50-54-58-62-66-79(84)96-75(70-90-77(82)64-60-56-52-48-44-42-39-33-30-26-22-18-14-10-6-2)72-94-98(87,88)92-68-73(80)67-91-97(85,86)93-71-74(69-89-76(81)63-59-55-51-47-28-24-20-16-12-8-4)95-78(83)65-61-57-53-49-45-41-34-31-27-23-19-15-11-7-3/h73-75,80H,5-72H2,1-4H3,(H,85,86)(H,87,88)/t73-,74+,75+/m0/s1. The number of hydrogen-bond acceptors (Lipinski definition) is 15. The molecule has 3 N–H and O–H groups in total. The second-order valence-corrected chi connectivity index (χ2v) is 31.4. The van der Waals surface area contributed by atoms with Gasteiger partial charge in [-0.15, -0.1) is 0 Å². The third-order valence-electron chi connectivity index (χ3n) is 18.6. The van der Waals surface area contributed by atoms with E-state index in [1.54, 1.807) is 0 Å². The molecule has 0 aromatic carbocycles. The van der Waals surface area contributed by atoms with E-state index >= 15 is 0 Å². The van der Waals surface area contributed by atoms with Crippen LogP contribution in [0.15, 0.2) is 0 Å². The number of phosphoric ester groups is 2. The zero-order valence-corrected chi connectivity index (χ0v) is 65.6. The third kappa shape index (κ3) is 72.4.